The molecule has 35 heavy (non-hydrogen) atoms. The molecule has 4 aromatic rings. The highest BCUT2D eigenvalue weighted by molar-refractivity contribution is 7.53. The summed E-state index contributed by atoms with van der Waals surface area (Å²) in [6.45, 7) is 2.99. The van der Waals surface area contributed by atoms with Crippen molar-refractivity contribution in [2.75, 3.05) is 5.32 Å². The van der Waals surface area contributed by atoms with Gasteiger partial charge in [0.15, 0.2) is 5.76 Å². The molecule has 180 valence electrons. The Morgan fingerprint density at radius 2 is 1.49 bits per heavy atom. The summed E-state index contributed by atoms with van der Waals surface area (Å²) in [4.78, 5) is 32.0. The molecule has 8 heteroatoms. The SMILES string of the molecule is CC(C)(c1ccc(NC(=O)CCc2c(-c3ccccc3)noc2-c2ccccc2)cc1)P(=O)(O)O. The first kappa shape index (κ1) is 24.6. The lowest BCUT2D eigenvalue weighted by Gasteiger charge is -2.26. The van der Waals surface area contributed by atoms with Crippen molar-refractivity contribution in [2.24, 2.45) is 0 Å². The van der Waals surface area contributed by atoms with Crippen molar-refractivity contribution in [3.8, 4) is 22.6 Å². The zero-order chi connectivity index (χ0) is 25.1. The number of hydrogen-bond acceptors (Lipinski definition) is 4. The van der Waals surface area contributed by atoms with E-state index in [0.717, 1.165) is 16.7 Å². The maximum absolute atomic E-state index is 12.8. The zero-order valence-corrected chi connectivity index (χ0v) is 20.4. The second-order valence-electron chi connectivity index (χ2n) is 8.80. The van der Waals surface area contributed by atoms with E-state index in [-0.39, 0.29) is 12.3 Å². The third kappa shape index (κ3) is 5.43. The van der Waals surface area contributed by atoms with Crippen LogP contribution in [0.5, 0.6) is 0 Å². The summed E-state index contributed by atoms with van der Waals surface area (Å²) < 4.78 is 17.5. The second-order valence-corrected chi connectivity index (χ2v) is 11.0. The van der Waals surface area contributed by atoms with Crippen molar-refractivity contribution in [1.29, 1.82) is 0 Å². The van der Waals surface area contributed by atoms with Crippen LogP contribution < -0.4 is 5.32 Å². The molecule has 0 radical (unpaired) electrons. The van der Waals surface area contributed by atoms with Crippen LogP contribution in [0.4, 0.5) is 5.69 Å². The largest absolute Gasteiger partial charge is 0.355 e. The van der Waals surface area contributed by atoms with Crippen LogP contribution in [0.2, 0.25) is 0 Å². The molecule has 0 bridgehead atoms. The maximum Gasteiger partial charge on any atom is 0.335 e. The first-order chi connectivity index (χ1) is 16.7. The highest BCUT2D eigenvalue weighted by Crippen LogP contribution is 2.56. The molecule has 0 saturated carbocycles. The third-order valence-electron chi connectivity index (χ3n) is 6.08. The fraction of sp³-hybridized carbons (Fsp3) is 0.185. The Hall–Kier alpha value is -3.51. The summed E-state index contributed by atoms with van der Waals surface area (Å²) in [6.07, 6.45) is 0.629. The van der Waals surface area contributed by atoms with Gasteiger partial charge >= 0.3 is 7.60 Å². The quantitative estimate of drug-likeness (QED) is 0.262. The minimum atomic E-state index is -4.33. The van der Waals surface area contributed by atoms with E-state index < -0.39 is 12.8 Å². The molecule has 0 atom stereocenters. The average molecular weight is 490 g/mol. The van der Waals surface area contributed by atoms with E-state index >= 15 is 0 Å². The fourth-order valence-corrected chi connectivity index (χ4v) is 4.26. The van der Waals surface area contributed by atoms with Crippen LogP contribution in [0.1, 0.15) is 31.4 Å². The molecule has 1 heterocycles. The van der Waals surface area contributed by atoms with Crippen molar-refractivity contribution in [3.63, 3.8) is 0 Å². The molecular weight excluding hydrogens is 463 g/mol. The average Bonchev–Trinajstić information content (AvgIpc) is 3.27. The molecule has 3 N–H and O–H groups in total. The maximum atomic E-state index is 12.8. The summed E-state index contributed by atoms with van der Waals surface area (Å²) in [7, 11) is -4.33. The molecule has 0 spiro atoms. The smallest absolute Gasteiger partial charge is 0.335 e. The molecule has 0 aliphatic carbocycles. The molecular formula is C27H27N2O5P. The molecule has 0 fully saturated rings. The Morgan fingerprint density at radius 3 is 2.06 bits per heavy atom. The number of amides is 1. The van der Waals surface area contributed by atoms with Gasteiger partial charge < -0.3 is 19.6 Å². The molecule has 3 aromatic carbocycles. The lowest BCUT2D eigenvalue weighted by molar-refractivity contribution is -0.116. The number of nitrogens with one attached hydrogen (secondary N) is 1. The van der Waals surface area contributed by atoms with E-state index in [0.29, 0.717) is 29.1 Å². The number of benzene rings is 3. The third-order valence-corrected chi connectivity index (χ3v) is 7.79. The Labute approximate surface area is 204 Å². The molecule has 4 rings (SSSR count). The number of rotatable bonds is 8. The van der Waals surface area contributed by atoms with Gasteiger partial charge in [0.25, 0.3) is 0 Å². The Bertz CT molecular complexity index is 1290. The van der Waals surface area contributed by atoms with Crippen molar-refractivity contribution >= 4 is 19.2 Å². The molecule has 0 aliphatic heterocycles. The van der Waals surface area contributed by atoms with E-state index in [1.54, 1.807) is 24.3 Å². The van der Waals surface area contributed by atoms with Gasteiger partial charge in [-0.2, -0.15) is 0 Å². The first-order valence-electron chi connectivity index (χ1n) is 11.2. The van der Waals surface area contributed by atoms with Crippen LogP contribution in [0.15, 0.2) is 89.5 Å². The number of carbonyl (C=O) groups is 1. The summed E-state index contributed by atoms with van der Waals surface area (Å²) in [5.41, 5.74) is 4.42. The minimum absolute atomic E-state index is 0.189. The van der Waals surface area contributed by atoms with Gasteiger partial charge in [0, 0.05) is 28.8 Å². The van der Waals surface area contributed by atoms with Crippen molar-refractivity contribution in [3.05, 3.63) is 96.1 Å². The molecule has 7 nitrogen and oxygen atoms in total. The monoisotopic (exact) mass is 490 g/mol. The van der Waals surface area contributed by atoms with Crippen molar-refractivity contribution in [2.45, 2.75) is 31.8 Å². The second kappa shape index (κ2) is 10.0. The summed E-state index contributed by atoms with van der Waals surface area (Å²) in [5.74, 6) is 0.451. The van der Waals surface area contributed by atoms with E-state index in [2.05, 4.69) is 10.5 Å². The minimum Gasteiger partial charge on any atom is -0.355 e. The lowest BCUT2D eigenvalue weighted by Crippen LogP contribution is -2.17. The summed E-state index contributed by atoms with van der Waals surface area (Å²) in [6, 6.07) is 25.9. The number of hydrogen-bond donors (Lipinski definition) is 3. The van der Waals surface area contributed by atoms with Gasteiger partial charge in [-0.25, -0.2) is 0 Å². The Morgan fingerprint density at radius 1 is 0.914 bits per heavy atom. The van der Waals surface area contributed by atoms with E-state index in [1.165, 1.54) is 13.8 Å². The van der Waals surface area contributed by atoms with Gasteiger partial charge in [0.2, 0.25) is 5.91 Å². The van der Waals surface area contributed by atoms with Crippen LogP contribution >= 0.6 is 7.60 Å². The first-order valence-corrected chi connectivity index (χ1v) is 12.8. The molecule has 1 aromatic heterocycles. The molecule has 0 aliphatic rings. The van der Waals surface area contributed by atoms with Gasteiger partial charge in [0.1, 0.15) is 5.69 Å². The normalized spacial score (nSPS) is 11.9. The topological polar surface area (TPSA) is 113 Å². The lowest BCUT2D eigenvalue weighted by atomic mass is 9.98. The molecule has 1 amide bonds. The van der Waals surface area contributed by atoms with Crippen LogP contribution in [0, 0.1) is 0 Å². The number of nitrogens with zero attached hydrogens (tertiary/aromatic N) is 1. The van der Waals surface area contributed by atoms with Crippen LogP contribution in [0.3, 0.4) is 0 Å². The van der Waals surface area contributed by atoms with Gasteiger partial charge in [-0.15, -0.1) is 0 Å². The van der Waals surface area contributed by atoms with Crippen molar-refractivity contribution < 1.29 is 23.7 Å². The van der Waals surface area contributed by atoms with E-state index in [9.17, 15) is 19.1 Å². The number of aromatic nitrogens is 1. The summed E-state index contributed by atoms with van der Waals surface area (Å²) in [5, 5.41) is 5.85. The van der Waals surface area contributed by atoms with Gasteiger partial charge in [-0.3, -0.25) is 9.36 Å². The number of anilines is 1. The highest BCUT2D eigenvalue weighted by atomic mass is 31.2. The zero-order valence-electron chi connectivity index (χ0n) is 19.5. The van der Waals surface area contributed by atoms with Crippen LogP contribution in [0.25, 0.3) is 22.6 Å². The van der Waals surface area contributed by atoms with E-state index in [4.69, 9.17) is 4.52 Å². The van der Waals surface area contributed by atoms with Crippen molar-refractivity contribution in [1.82, 2.24) is 5.16 Å². The van der Waals surface area contributed by atoms with Gasteiger partial charge in [-0.05, 0) is 38.0 Å². The molecule has 0 unspecified atom stereocenters. The predicted octanol–water partition coefficient (Wildman–Crippen LogP) is 5.99. The molecule has 0 saturated heterocycles. The van der Waals surface area contributed by atoms with Crippen LogP contribution in [-0.2, 0) is 20.9 Å². The van der Waals surface area contributed by atoms with Crippen LogP contribution in [-0.4, -0.2) is 20.9 Å². The Balaban J connectivity index is 1.51. The van der Waals surface area contributed by atoms with E-state index in [1.807, 2.05) is 60.7 Å². The number of carbonyl (C=O) groups excluding carboxylic acids is 1. The van der Waals surface area contributed by atoms with Gasteiger partial charge in [-0.1, -0.05) is 78.0 Å². The standard InChI is InChI=1S/C27H27N2O5P/c1-27(2,35(31,32)33)21-13-15-22(16-14-21)28-24(30)18-17-23-25(19-9-5-3-6-10-19)29-34-26(23)20-11-7-4-8-12-20/h3-16H,17-18H2,1-2H3,(H,28,30)(H2,31,32,33). The highest BCUT2D eigenvalue weighted by Gasteiger charge is 2.39. The predicted molar refractivity (Wildman–Crippen MR) is 136 cm³/mol. The Kier molecular flexibility index (Phi) is 7.03. The summed E-state index contributed by atoms with van der Waals surface area (Å²) >= 11 is 0. The van der Waals surface area contributed by atoms with Gasteiger partial charge in [0.05, 0.1) is 5.16 Å². The fourth-order valence-electron chi connectivity index (χ4n) is 3.77.